The van der Waals surface area contributed by atoms with Crippen molar-refractivity contribution in [1.82, 2.24) is 19.9 Å². The molecular formula is C7H7N5O3. The number of aromatic nitrogens is 4. The number of hydrogen-bond donors (Lipinski definition) is 4. The number of imidazole rings is 1. The van der Waals surface area contributed by atoms with Gasteiger partial charge in [0.1, 0.15) is 0 Å². The lowest BCUT2D eigenvalue weighted by Crippen LogP contribution is -2.23. The molecule has 0 aliphatic heterocycles. The Morgan fingerprint density at radius 3 is 3.13 bits per heavy atom. The third-order valence-electron chi connectivity index (χ3n) is 1.71. The van der Waals surface area contributed by atoms with E-state index in [1.807, 2.05) is 0 Å². The number of aromatic amines is 2. The summed E-state index contributed by atoms with van der Waals surface area (Å²) in [5.74, 6) is -0.0146. The van der Waals surface area contributed by atoms with Crippen molar-refractivity contribution in [2.24, 2.45) is 0 Å². The second-order valence-corrected chi connectivity index (χ2v) is 2.74. The molecule has 1 atom stereocenters. The minimum atomic E-state index is -1.41. The highest BCUT2D eigenvalue weighted by atomic mass is 16.3. The van der Waals surface area contributed by atoms with Crippen LogP contribution < -0.4 is 10.9 Å². The van der Waals surface area contributed by atoms with Gasteiger partial charge in [-0.05, 0) is 0 Å². The molecule has 0 radical (unpaired) electrons. The van der Waals surface area contributed by atoms with Gasteiger partial charge in [-0.3, -0.25) is 14.6 Å². The van der Waals surface area contributed by atoms with E-state index in [1.165, 1.54) is 6.33 Å². The molecule has 0 aromatic carbocycles. The molecule has 0 saturated heterocycles. The average Bonchev–Trinajstić information content (AvgIpc) is 2.66. The van der Waals surface area contributed by atoms with Crippen LogP contribution in [0.2, 0.25) is 0 Å². The highest BCUT2D eigenvalue weighted by molar-refractivity contribution is 5.70. The Kier molecular flexibility index (Phi) is 2.18. The molecule has 0 spiro atoms. The fourth-order valence-electron chi connectivity index (χ4n) is 1.09. The van der Waals surface area contributed by atoms with Crippen molar-refractivity contribution in [2.45, 2.75) is 6.23 Å². The van der Waals surface area contributed by atoms with E-state index in [4.69, 9.17) is 5.11 Å². The zero-order chi connectivity index (χ0) is 10.8. The van der Waals surface area contributed by atoms with Crippen LogP contribution in [0, 0.1) is 0 Å². The number of H-pyrrole nitrogens is 2. The van der Waals surface area contributed by atoms with Crippen LogP contribution in [0.1, 0.15) is 0 Å². The minimum absolute atomic E-state index is 0.0146. The van der Waals surface area contributed by atoms with E-state index in [1.54, 1.807) is 0 Å². The van der Waals surface area contributed by atoms with Crippen LogP contribution in [0.25, 0.3) is 11.2 Å². The quantitative estimate of drug-likeness (QED) is 0.363. The SMILES string of the molecule is O=CC(O)Nc1nc2nc[nH]c2c(=O)[nH]1. The Hall–Kier alpha value is -2.22. The van der Waals surface area contributed by atoms with Gasteiger partial charge in [-0.2, -0.15) is 4.98 Å². The second-order valence-electron chi connectivity index (χ2n) is 2.74. The molecule has 0 amide bonds. The van der Waals surface area contributed by atoms with Gasteiger partial charge in [0.25, 0.3) is 5.56 Å². The Morgan fingerprint density at radius 2 is 2.40 bits per heavy atom. The zero-order valence-corrected chi connectivity index (χ0v) is 7.39. The van der Waals surface area contributed by atoms with E-state index in [2.05, 4.69) is 25.3 Å². The number of rotatable bonds is 3. The van der Waals surface area contributed by atoms with Gasteiger partial charge in [0, 0.05) is 0 Å². The Labute approximate surface area is 82.4 Å². The first-order valence-corrected chi connectivity index (χ1v) is 4.04. The number of hydrogen-bond acceptors (Lipinski definition) is 6. The van der Waals surface area contributed by atoms with E-state index in [0.717, 1.165) is 0 Å². The van der Waals surface area contributed by atoms with Crippen LogP contribution >= 0.6 is 0 Å². The zero-order valence-electron chi connectivity index (χ0n) is 7.39. The van der Waals surface area contributed by atoms with Gasteiger partial charge in [-0.25, -0.2) is 4.98 Å². The Balaban J connectivity index is 2.45. The molecule has 8 nitrogen and oxygen atoms in total. The largest absolute Gasteiger partial charge is 0.367 e. The van der Waals surface area contributed by atoms with E-state index < -0.39 is 11.8 Å². The summed E-state index contributed by atoms with van der Waals surface area (Å²) in [4.78, 5) is 34.1. The third kappa shape index (κ3) is 1.70. The summed E-state index contributed by atoms with van der Waals surface area (Å²) in [7, 11) is 0. The normalized spacial score (nSPS) is 12.6. The fourth-order valence-corrected chi connectivity index (χ4v) is 1.09. The van der Waals surface area contributed by atoms with E-state index in [9.17, 15) is 9.59 Å². The molecule has 2 heterocycles. The first kappa shape index (κ1) is 9.34. The molecule has 0 aliphatic carbocycles. The molecule has 2 aromatic rings. The molecule has 78 valence electrons. The summed E-state index contributed by atoms with van der Waals surface area (Å²) in [5.41, 5.74) is 0.0126. The van der Waals surface area contributed by atoms with Crippen LogP contribution in [-0.2, 0) is 4.79 Å². The van der Waals surface area contributed by atoms with Crippen LogP contribution in [0.4, 0.5) is 5.95 Å². The van der Waals surface area contributed by atoms with Gasteiger partial charge in [0.15, 0.2) is 23.7 Å². The smallest absolute Gasteiger partial charge is 0.278 e. The summed E-state index contributed by atoms with van der Waals surface area (Å²) in [6, 6.07) is 0. The van der Waals surface area contributed by atoms with Crippen LogP contribution in [-0.4, -0.2) is 37.6 Å². The van der Waals surface area contributed by atoms with Crippen molar-refractivity contribution in [3.05, 3.63) is 16.7 Å². The number of aliphatic hydroxyl groups excluding tert-OH is 1. The number of aldehydes is 1. The monoisotopic (exact) mass is 209 g/mol. The van der Waals surface area contributed by atoms with Crippen LogP contribution in [0.3, 0.4) is 0 Å². The predicted octanol–water partition coefficient (Wildman–Crippen LogP) is -1.42. The molecule has 0 aliphatic rings. The number of carbonyl (C=O) groups is 1. The summed E-state index contributed by atoms with van der Waals surface area (Å²) in [6.07, 6.45) is 0.186. The second kappa shape index (κ2) is 3.50. The fraction of sp³-hybridized carbons (Fsp3) is 0.143. The van der Waals surface area contributed by atoms with Crippen molar-refractivity contribution >= 4 is 23.4 Å². The minimum Gasteiger partial charge on any atom is -0.367 e. The third-order valence-corrected chi connectivity index (χ3v) is 1.71. The van der Waals surface area contributed by atoms with Gasteiger partial charge >= 0.3 is 0 Å². The molecule has 0 fully saturated rings. The maximum Gasteiger partial charge on any atom is 0.278 e. The Morgan fingerprint density at radius 1 is 1.60 bits per heavy atom. The molecule has 2 rings (SSSR count). The van der Waals surface area contributed by atoms with Crippen molar-refractivity contribution < 1.29 is 9.90 Å². The summed E-state index contributed by atoms with van der Waals surface area (Å²) in [6.45, 7) is 0. The standard InChI is InChI=1S/C7H7N5O3/c13-1-3(14)10-7-11-5-4(6(15)12-7)8-2-9-5/h1-3,14H,(H3,8,9,10,11,12,15). The van der Waals surface area contributed by atoms with Gasteiger partial charge in [-0.15, -0.1) is 0 Å². The molecule has 0 bridgehead atoms. The topological polar surface area (TPSA) is 124 Å². The van der Waals surface area contributed by atoms with Crippen LogP contribution in [0.15, 0.2) is 11.1 Å². The van der Waals surface area contributed by atoms with Gasteiger partial charge in [0.2, 0.25) is 5.95 Å². The summed E-state index contributed by atoms with van der Waals surface area (Å²) < 4.78 is 0. The molecular weight excluding hydrogens is 202 g/mol. The maximum absolute atomic E-state index is 11.4. The first-order valence-electron chi connectivity index (χ1n) is 4.04. The maximum atomic E-state index is 11.4. The molecule has 15 heavy (non-hydrogen) atoms. The number of nitrogens with one attached hydrogen (secondary N) is 3. The molecule has 8 heteroatoms. The van der Waals surface area contributed by atoms with Crippen LogP contribution in [0.5, 0.6) is 0 Å². The summed E-state index contributed by atoms with van der Waals surface area (Å²) >= 11 is 0. The predicted molar refractivity (Wildman–Crippen MR) is 50.2 cm³/mol. The van der Waals surface area contributed by atoms with Gasteiger partial charge in [-0.1, -0.05) is 0 Å². The van der Waals surface area contributed by atoms with Crippen molar-refractivity contribution in [2.75, 3.05) is 5.32 Å². The number of nitrogens with zero attached hydrogens (tertiary/aromatic N) is 2. The number of aliphatic hydroxyl groups is 1. The Bertz CT molecular complexity index is 545. The lowest BCUT2D eigenvalue weighted by Gasteiger charge is -2.05. The highest BCUT2D eigenvalue weighted by Crippen LogP contribution is 2.02. The lowest BCUT2D eigenvalue weighted by atomic mass is 10.5. The van der Waals surface area contributed by atoms with Gasteiger partial charge in [0.05, 0.1) is 6.33 Å². The van der Waals surface area contributed by atoms with Crippen molar-refractivity contribution in [1.29, 1.82) is 0 Å². The van der Waals surface area contributed by atoms with E-state index in [0.29, 0.717) is 0 Å². The van der Waals surface area contributed by atoms with Gasteiger partial charge < -0.3 is 15.4 Å². The average molecular weight is 209 g/mol. The lowest BCUT2D eigenvalue weighted by molar-refractivity contribution is -0.113. The summed E-state index contributed by atoms with van der Waals surface area (Å²) in [5, 5.41) is 11.2. The number of fused-ring (bicyclic) bond motifs is 1. The van der Waals surface area contributed by atoms with E-state index >= 15 is 0 Å². The number of anilines is 1. The van der Waals surface area contributed by atoms with E-state index in [-0.39, 0.29) is 23.4 Å². The molecule has 0 saturated carbocycles. The van der Waals surface area contributed by atoms with Crippen molar-refractivity contribution in [3.63, 3.8) is 0 Å². The molecule has 4 N–H and O–H groups in total. The number of carbonyl (C=O) groups excluding carboxylic acids is 1. The molecule has 2 aromatic heterocycles. The highest BCUT2D eigenvalue weighted by Gasteiger charge is 2.07. The first-order chi connectivity index (χ1) is 7.20. The van der Waals surface area contributed by atoms with Crippen molar-refractivity contribution in [3.8, 4) is 0 Å². The molecule has 1 unspecified atom stereocenters.